The number of thiophene rings is 1. The van der Waals surface area contributed by atoms with Crippen LogP contribution in [0.1, 0.15) is 29.9 Å². The minimum Gasteiger partial charge on any atom is -0.480 e. The first-order chi connectivity index (χ1) is 11.9. The lowest BCUT2D eigenvalue weighted by molar-refractivity contribution is -0.136. The maximum absolute atomic E-state index is 11.3. The molecule has 1 unspecified atom stereocenters. The zero-order valence-electron chi connectivity index (χ0n) is 14.7. The lowest BCUT2D eigenvalue weighted by Gasteiger charge is -2.10. The summed E-state index contributed by atoms with van der Waals surface area (Å²) in [5.74, 6) is -0.838. The van der Waals surface area contributed by atoms with Crippen LogP contribution in [0, 0.1) is 13.8 Å². The molecule has 25 heavy (non-hydrogen) atoms. The molecule has 0 aliphatic carbocycles. The van der Waals surface area contributed by atoms with Crippen molar-refractivity contribution in [3.63, 3.8) is 0 Å². The van der Waals surface area contributed by atoms with Gasteiger partial charge in [-0.05, 0) is 43.9 Å². The van der Waals surface area contributed by atoms with Crippen LogP contribution in [0.25, 0.3) is 21.3 Å². The summed E-state index contributed by atoms with van der Waals surface area (Å²) in [6, 6.07) is 6.45. The van der Waals surface area contributed by atoms with Gasteiger partial charge in [-0.25, -0.2) is 9.97 Å². The van der Waals surface area contributed by atoms with E-state index in [1.165, 1.54) is 34.1 Å². The minimum absolute atomic E-state index is 0.560. The van der Waals surface area contributed by atoms with Crippen LogP contribution in [0.3, 0.4) is 0 Å². The molecule has 2 aromatic heterocycles. The predicted molar refractivity (Wildman–Crippen MR) is 105 cm³/mol. The van der Waals surface area contributed by atoms with Gasteiger partial charge in [0, 0.05) is 10.4 Å². The van der Waals surface area contributed by atoms with E-state index in [-0.39, 0.29) is 0 Å². The third-order valence-electron chi connectivity index (χ3n) is 4.28. The van der Waals surface area contributed by atoms with Gasteiger partial charge in [-0.2, -0.15) is 0 Å². The fourth-order valence-electron chi connectivity index (χ4n) is 2.71. The lowest BCUT2D eigenvalue weighted by Crippen LogP contribution is -2.11. The van der Waals surface area contributed by atoms with Gasteiger partial charge in [-0.15, -0.1) is 11.3 Å². The Hall–Kier alpha value is -1.92. The number of aromatic nitrogens is 2. The Morgan fingerprint density at radius 1 is 1.28 bits per heavy atom. The van der Waals surface area contributed by atoms with Gasteiger partial charge in [-0.1, -0.05) is 36.9 Å². The number of aliphatic carboxylic acids is 1. The van der Waals surface area contributed by atoms with Gasteiger partial charge < -0.3 is 5.11 Å². The zero-order valence-corrected chi connectivity index (χ0v) is 16.3. The molecular weight excluding hydrogens is 352 g/mol. The van der Waals surface area contributed by atoms with Crippen LogP contribution in [-0.2, 0) is 11.2 Å². The molecular formula is C19H20N2O2S2. The number of fused-ring (bicyclic) bond motifs is 1. The van der Waals surface area contributed by atoms with Gasteiger partial charge in [-0.3, -0.25) is 4.79 Å². The first-order valence-corrected chi connectivity index (χ1v) is 9.85. The molecule has 4 nitrogen and oxygen atoms in total. The molecule has 3 aromatic rings. The van der Waals surface area contributed by atoms with Crippen molar-refractivity contribution in [3.05, 3.63) is 40.5 Å². The van der Waals surface area contributed by atoms with Crippen molar-refractivity contribution in [2.24, 2.45) is 0 Å². The third-order valence-corrected chi connectivity index (χ3v) is 6.61. The number of aryl methyl sites for hydroxylation is 3. The predicted octanol–water partition coefficient (Wildman–Crippen LogP) is 5.10. The molecule has 0 amide bonds. The topological polar surface area (TPSA) is 63.1 Å². The summed E-state index contributed by atoms with van der Waals surface area (Å²) in [7, 11) is 0. The van der Waals surface area contributed by atoms with Gasteiger partial charge >= 0.3 is 5.97 Å². The Balaban J connectivity index is 2.25. The normalized spacial score (nSPS) is 12.5. The van der Waals surface area contributed by atoms with Crippen LogP contribution in [0.4, 0.5) is 0 Å². The third kappa shape index (κ3) is 3.41. The summed E-state index contributed by atoms with van der Waals surface area (Å²) in [5, 5.41) is 10.4. The standard InChI is InChI=1S/C19H20N2O2S2/c1-5-14-15(13-7-6-10(2)11(3)8-13)16-17(24-12(4)19(22)23)20-9-21-18(16)25-14/h6-9,12H,5H2,1-4H3,(H,22,23). The van der Waals surface area contributed by atoms with E-state index in [2.05, 4.69) is 48.9 Å². The number of hydrogen-bond acceptors (Lipinski definition) is 5. The van der Waals surface area contributed by atoms with Crippen LogP contribution in [0.2, 0.25) is 0 Å². The summed E-state index contributed by atoms with van der Waals surface area (Å²) >= 11 is 2.94. The molecule has 0 aliphatic heterocycles. The van der Waals surface area contributed by atoms with Gasteiger partial charge in [0.25, 0.3) is 0 Å². The number of thioether (sulfide) groups is 1. The van der Waals surface area contributed by atoms with Crippen molar-refractivity contribution in [1.82, 2.24) is 9.97 Å². The highest BCUT2D eigenvalue weighted by atomic mass is 32.2. The van der Waals surface area contributed by atoms with Crippen molar-refractivity contribution in [3.8, 4) is 11.1 Å². The largest absolute Gasteiger partial charge is 0.480 e. The summed E-state index contributed by atoms with van der Waals surface area (Å²) in [6.45, 7) is 8.03. The zero-order chi connectivity index (χ0) is 18.1. The number of carboxylic acid groups (broad SMARTS) is 1. The van der Waals surface area contributed by atoms with E-state index in [1.54, 1.807) is 18.3 Å². The van der Waals surface area contributed by atoms with Crippen LogP contribution in [0.5, 0.6) is 0 Å². The highest BCUT2D eigenvalue weighted by molar-refractivity contribution is 8.00. The van der Waals surface area contributed by atoms with Crippen LogP contribution in [-0.4, -0.2) is 26.3 Å². The smallest absolute Gasteiger partial charge is 0.316 e. The fourth-order valence-corrected chi connectivity index (χ4v) is 4.74. The first kappa shape index (κ1) is 17.9. The first-order valence-electron chi connectivity index (χ1n) is 8.15. The molecule has 1 N–H and O–H groups in total. The molecule has 1 atom stereocenters. The molecule has 0 fully saturated rings. The molecule has 1 aromatic carbocycles. The lowest BCUT2D eigenvalue weighted by atomic mass is 9.98. The Kier molecular flexibility index (Phi) is 5.11. The molecule has 0 saturated heterocycles. The maximum atomic E-state index is 11.3. The van der Waals surface area contributed by atoms with E-state index < -0.39 is 11.2 Å². The Morgan fingerprint density at radius 3 is 2.68 bits per heavy atom. The molecule has 0 radical (unpaired) electrons. The van der Waals surface area contributed by atoms with E-state index >= 15 is 0 Å². The molecule has 0 saturated carbocycles. The average molecular weight is 373 g/mol. The van der Waals surface area contributed by atoms with E-state index in [9.17, 15) is 9.90 Å². The van der Waals surface area contributed by atoms with Gasteiger partial charge in [0.1, 0.15) is 21.4 Å². The SMILES string of the molecule is CCc1sc2ncnc(SC(C)C(=O)O)c2c1-c1ccc(C)c(C)c1. The number of hydrogen-bond donors (Lipinski definition) is 1. The van der Waals surface area contributed by atoms with Crippen LogP contribution >= 0.6 is 23.1 Å². The number of rotatable bonds is 5. The molecule has 0 spiro atoms. The van der Waals surface area contributed by atoms with E-state index in [0.29, 0.717) is 0 Å². The molecule has 0 bridgehead atoms. The van der Waals surface area contributed by atoms with Crippen molar-refractivity contribution in [2.75, 3.05) is 0 Å². The monoisotopic (exact) mass is 372 g/mol. The van der Waals surface area contributed by atoms with Crippen LogP contribution in [0.15, 0.2) is 29.6 Å². The summed E-state index contributed by atoms with van der Waals surface area (Å²) in [5.41, 5.74) is 4.78. The van der Waals surface area contributed by atoms with Gasteiger partial charge in [0.05, 0.1) is 5.39 Å². The van der Waals surface area contributed by atoms with Crippen molar-refractivity contribution in [1.29, 1.82) is 0 Å². The van der Waals surface area contributed by atoms with Crippen molar-refractivity contribution in [2.45, 2.75) is 44.4 Å². The van der Waals surface area contributed by atoms with Gasteiger partial charge in [0.15, 0.2) is 0 Å². The van der Waals surface area contributed by atoms with Gasteiger partial charge in [0.2, 0.25) is 0 Å². The Bertz CT molecular complexity index is 950. The fraction of sp³-hybridized carbons (Fsp3) is 0.316. The molecule has 130 valence electrons. The number of carboxylic acids is 1. The molecule has 6 heteroatoms. The van der Waals surface area contributed by atoms with Crippen LogP contribution < -0.4 is 0 Å². The Labute approximate surface area is 155 Å². The second kappa shape index (κ2) is 7.14. The number of carbonyl (C=O) groups is 1. The molecule has 0 aliphatic rings. The minimum atomic E-state index is -0.838. The molecule has 2 heterocycles. The molecule has 3 rings (SSSR count). The highest BCUT2D eigenvalue weighted by Gasteiger charge is 2.21. The summed E-state index contributed by atoms with van der Waals surface area (Å²) in [6.07, 6.45) is 2.43. The van der Waals surface area contributed by atoms with E-state index in [1.807, 2.05) is 0 Å². The van der Waals surface area contributed by atoms with Crippen molar-refractivity contribution >= 4 is 39.3 Å². The second-order valence-corrected chi connectivity index (χ2v) is 8.42. The highest BCUT2D eigenvalue weighted by Crippen LogP contribution is 2.43. The number of benzene rings is 1. The van der Waals surface area contributed by atoms with Crippen molar-refractivity contribution < 1.29 is 9.90 Å². The van der Waals surface area contributed by atoms with E-state index in [4.69, 9.17) is 0 Å². The average Bonchev–Trinajstić information content (AvgIpc) is 2.97. The van der Waals surface area contributed by atoms with E-state index in [0.717, 1.165) is 32.8 Å². The Morgan fingerprint density at radius 2 is 2.04 bits per heavy atom. The summed E-state index contributed by atoms with van der Waals surface area (Å²) in [4.78, 5) is 22.3. The quantitative estimate of drug-likeness (QED) is 0.498. The number of nitrogens with zero attached hydrogens (tertiary/aromatic N) is 2. The maximum Gasteiger partial charge on any atom is 0.316 e. The summed E-state index contributed by atoms with van der Waals surface area (Å²) < 4.78 is 0. The second-order valence-electron chi connectivity index (χ2n) is 6.01.